The molecule has 0 aromatic heterocycles. The number of nitrogens with zero attached hydrogens (tertiary/aromatic N) is 2. The van der Waals surface area contributed by atoms with Gasteiger partial charge in [-0.2, -0.15) is 0 Å². The van der Waals surface area contributed by atoms with Crippen LogP contribution in [0.2, 0.25) is 0 Å². The van der Waals surface area contributed by atoms with Crippen molar-refractivity contribution in [3.8, 4) is 5.75 Å². The molecule has 21 heavy (non-hydrogen) atoms. The highest BCUT2D eigenvalue weighted by molar-refractivity contribution is 6.58. The van der Waals surface area contributed by atoms with Gasteiger partial charge in [-0.15, -0.1) is 0 Å². The summed E-state index contributed by atoms with van der Waals surface area (Å²) in [7, 11) is 0.752. The third kappa shape index (κ3) is 5.00. The summed E-state index contributed by atoms with van der Waals surface area (Å²) >= 11 is 0. The second-order valence-corrected chi connectivity index (χ2v) is 5.79. The van der Waals surface area contributed by atoms with Crippen LogP contribution >= 0.6 is 0 Å². The molecule has 1 fully saturated rings. The van der Waals surface area contributed by atoms with Crippen molar-refractivity contribution < 1.29 is 14.8 Å². The van der Waals surface area contributed by atoms with E-state index in [0.717, 1.165) is 31.9 Å². The Hall–Kier alpha value is -1.08. The average molecular weight is 292 g/mol. The minimum atomic E-state index is -1.42. The molecule has 0 saturated carbocycles. The number of hydrogen-bond donors (Lipinski definition) is 2. The van der Waals surface area contributed by atoms with E-state index < -0.39 is 7.12 Å². The molecule has 2 N–H and O–H groups in total. The van der Waals surface area contributed by atoms with Gasteiger partial charge in [-0.1, -0.05) is 12.1 Å². The van der Waals surface area contributed by atoms with Crippen LogP contribution in [0.25, 0.3) is 0 Å². The van der Waals surface area contributed by atoms with Gasteiger partial charge in [0.15, 0.2) is 0 Å². The molecule has 0 amide bonds. The molecule has 1 heterocycles. The Balaban J connectivity index is 1.78. The summed E-state index contributed by atoms with van der Waals surface area (Å²) in [6.45, 7) is 7.20. The zero-order valence-corrected chi connectivity index (χ0v) is 12.9. The molecule has 1 aromatic carbocycles. The van der Waals surface area contributed by atoms with Crippen LogP contribution in [0.15, 0.2) is 24.3 Å². The Labute approximate surface area is 127 Å². The summed E-state index contributed by atoms with van der Waals surface area (Å²) in [6, 6.07) is 7.43. The number of rotatable bonds is 5. The maximum Gasteiger partial charge on any atom is 0.488 e. The fourth-order valence-corrected chi connectivity index (χ4v) is 2.77. The van der Waals surface area contributed by atoms with Crippen molar-refractivity contribution in [2.45, 2.75) is 19.4 Å². The van der Waals surface area contributed by atoms with E-state index in [1.165, 1.54) is 6.42 Å². The van der Waals surface area contributed by atoms with Crippen LogP contribution in [-0.2, 0) is 0 Å². The van der Waals surface area contributed by atoms with E-state index in [1.807, 2.05) is 0 Å². The summed E-state index contributed by atoms with van der Waals surface area (Å²) < 4.78 is 5.74. The molecular formula is C15H25BN2O3. The zero-order chi connectivity index (χ0) is 15.2. The fourth-order valence-electron chi connectivity index (χ4n) is 2.77. The van der Waals surface area contributed by atoms with Crippen LogP contribution in [0, 0.1) is 0 Å². The molecule has 0 radical (unpaired) electrons. The Morgan fingerprint density at radius 1 is 1.24 bits per heavy atom. The van der Waals surface area contributed by atoms with Crippen molar-refractivity contribution in [2.24, 2.45) is 0 Å². The highest BCUT2D eigenvalue weighted by Crippen LogP contribution is 2.10. The lowest BCUT2D eigenvalue weighted by atomic mass is 9.80. The summed E-state index contributed by atoms with van der Waals surface area (Å²) in [5.74, 6) is 0.763. The third-order valence-electron chi connectivity index (χ3n) is 4.01. The molecule has 0 aliphatic carbocycles. The number of likely N-dealkylation sites (N-methyl/N-ethyl adjacent to an activating group) is 1. The van der Waals surface area contributed by atoms with Gasteiger partial charge in [0.1, 0.15) is 12.4 Å². The van der Waals surface area contributed by atoms with Crippen molar-refractivity contribution in [3.63, 3.8) is 0 Å². The molecule has 1 saturated heterocycles. The lowest BCUT2D eigenvalue weighted by Crippen LogP contribution is -2.40. The maximum absolute atomic E-state index is 9.04. The topological polar surface area (TPSA) is 56.2 Å². The third-order valence-corrected chi connectivity index (χ3v) is 4.01. The van der Waals surface area contributed by atoms with E-state index in [2.05, 4.69) is 23.8 Å². The van der Waals surface area contributed by atoms with Crippen molar-refractivity contribution >= 4 is 12.6 Å². The number of benzene rings is 1. The standard InChI is InChI=1S/C15H25BN2O3/c1-13-12-17(2)8-3-9-18(13)10-11-21-15-6-4-14(5-7-15)16(19)20/h4-7,13,19-20H,3,8-12H2,1-2H3. The van der Waals surface area contributed by atoms with Crippen LogP contribution in [0.5, 0.6) is 5.75 Å². The Morgan fingerprint density at radius 2 is 1.95 bits per heavy atom. The minimum Gasteiger partial charge on any atom is -0.492 e. The van der Waals surface area contributed by atoms with Gasteiger partial charge in [-0.25, -0.2) is 0 Å². The van der Waals surface area contributed by atoms with Crippen LogP contribution < -0.4 is 10.2 Å². The number of hydrogen-bond acceptors (Lipinski definition) is 5. The molecule has 6 heteroatoms. The van der Waals surface area contributed by atoms with Gasteiger partial charge in [0.25, 0.3) is 0 Å². The first-order valence-corrected chi connectivity index (χ1v) is 7.58. The normalized spacial score (nSPS) is 21.0. The number of ether oxygens (including phenoxy) is 1. The summed E-state index contributed by atoms with van der Waals surface area (Å²) in [6.07, 6.45) is 1.20. The van der Waals surface area contributed by atoms with E-state index in [4.69, 9.17) is 14.8 Å². The lowest BCUT2D eigenvalue weighted by Gasteiger charge is -2.27. The maximum atomic E-state index is 9.04. The average Bonchev–Trinajstić information content (AvgIpc) is 2.60. The fraction of sp³-hybridized carbons (Fsp3) is 0.600. The van der Waals surface area contributed by atoms with E-state index in [0.29, 0.717) is 18.1 Å². The highest BCUT2D eigenvalue weighted by atomic mass is 16.5. The smallest absolute Gasteiger partial charge is 0.488 e. The highest BCUT2D eigenvalue weighted by Gasteiger charge is 2.19. The first-order valence-electron chi connectivity index (χ1n) is 7.58. The van der Waals surface area contributed by atoms with Gasteiger partial charge in [-0.05, 0) is 51.1 Å². The monoisotopic (exact) mass is 292 g/mol. The second-order valence-electron chi connectivity index (χ2n) is 5.79. The molecule has 116 valence electrons. The predicted molar refractivity (Wildman–Crippen MR) is 84.9 cm³/mol. The van der Waals surface area contributed by atoms with Gasteiger partial charge < -0.3 is 19.7 Å². The Morgan fingerprint density at radius 3 is 2.62 bits per heavy atom. The van der Waals surface area contributed by atoms with Crippen LogP contribution in [0.3, 0.4) is 0 Å². The van der Waals surface area contributed by atoms with Crippen LogP contribution in [0.4, 0.5) is 0 Å². The van der Waals surface area contributed by atoms with Crippen molar-refractivity contribution in [3.05, 3.63) is 24.3 Å². The molecule has 5 nitrogen and oxygen atoms in total. The minimum absolute atomic E-state index is 0.478. The van der Waals surface area contributed by atoms with E-state index in [-0.39, 0.29) is 0 Å². The summed E-state index contributed by atoms with van der Waals surface area (Å²) in [5, 5.41) is 18.1. The van der Waals surface area contributed by atoms with Gasteiger partial charge in [0, 0.05) is 19.1 Å². The molecule has 1 atom stereocenters. The molecule has 0 bridgehead atoms. The zero-order valence-electron chi connectivity index (χ0n) is 12.9. The largest absolute Gasteiger partial charge is 0.492 e. The van der Waals surface area contributed by atoms with Crippen LogP contribution in [0.1, 0.15) is 13.3 Å². The molecule has 1 unspecified atom stereocenters. The SMILES string of the molecule is CC1CN(C)CCCN1CCOc1ccc(B(O)O)cc1. The van der Waals surface area contributed by atoms with E-state index in [9.17, 15) is 0 Å². The lowest BCUT2D eigenvalue weighted by molar-refractivity contribution is 0.166. The molecule has 0 spiro atoms. The first-order chi connectivity index (χ1) is 10.1. The summed E-state index contributed by atoms with van der Waals surface area (Å²) in [4.78, 5) is 4.85. The molecule has 1 aromatic rings. The Kier molecular flexibility index (Phi) is 6.05. The van der Waals surface area contributed by atoms with Gasteiger partial charge >= 0.3 is 7.12 Å². The quantitative estimate of drug-likeness (QED) is 0.734. The van der Waals surface area contributed by atoms with E-state index in [1.54, 1.807) is 24.3 Å². The van der Waals surface area contributed by atoms with Gasteiger partial charge in [-0.3, -0.25) is 4.90 Å². The summed E-state index contributed by atoms with van der Waals surface area (Å²) in [5.41, 5.74) is 0.478. The van der Waals surface area contributed by atoms with Crippen molar-refractivity contribution in [1.29, 1.82) is 0 Å². The van der Waals surface area contributed by atoms with E-state index >= 15 is 0 Å². The predicted octanol–water partition coefficient (Wildman–Crippen LogP) is -0.229. The van der Waals surface area contributed by atoms with Crippen molar-refractivity contribution in [1.82, 2.24) is 9.80 Å². The van der Waals surface area contributed by atoms with Gasteiger partial charge in [0.05, 0.1) is 0 Å². The Bertz CT molecular complexity index is 427. The second kappa shape index (κ2) is 7.80. The van der Waals surface area contributed by atoms with Gasteiger partial charge in [0.2, 0.25) is 0 Å². The molecular weight excluding hydrogens is 267 g/mol. The molecule has 2 rings (SSSR count). The van der Waals surface area contributed by atoms with Crippen LogP contribution in [-0.4, -0.2) is 72.8 Å². The molecule has 1 aliphatic heterocycles. The first kappa shape index (κ1) is 16.3. The van der Waals surface area contributed by atoms with Crippen molar-refractivity contribution in [2.75, 3.05) is 39.8 Å². The molecule has 1 aliphatic rings.